The number of hydrogen-bond acceptors (Lipinski definition) is 2. The summed E-state index contributed by atoms with van der Waals surface area (Å²) in [5.74, 6) is 0.361. The molecule has 0 saturated heterocycles. The Balaban J connectivity index is 1.86. The van der Waals surface area contributed by atoms with Crippen LogP contribution in [-0.2, 0) is 7.05 Å². The maximum Gasteiger partial charge on any atom is 0.258 e. The lowest BCUT2D eigenvalue weighted by atomic mass is 10.1. The summed E-state index contributed by atoms with van der Waals surface area (Å²) in [4.78, 5) is 12.3. The van der Waals surface area contributed by atoms with Gasteiger partial charge in [0.15, 0.2) is 0 Å². The molecule has 23 heavy (non-hydrogen) atoms. The van der Waals surface area contributed by atoms with Crippen LogP contribution in [0, 0.1) is 6.92 Å². The molecule has 0 spiro atoms. The Hall–Kier alpha value is -2.59. The minimum atomic E-state index is -0.256. The van der Waals surface area contributed by atoms with Crippen LogP contribution < -0.4 is 5.32 Å². The van der Waals surface area contributed by atoms with Crippen LogP contribution in [0.15, 0.2) is 54.6 Å². The fourth-order valence-electron chi connectivity index (χ4n) is 2.28. The van der Waals surface area contributed by atoms with Crippen molar-refractivity contribution >= 4 is 23.3 Å². The summed E-state index contributed by atoms with van der Waals surface area (Å²) in [5, 5.41) is 7.72. The Bertz CT molecular complexity index is 853. The van der Waals surface area contributed by atoms with Gasteiger partial charge in [0.1, 0.15) is 5.82 Å². The lowest BCUT2D eigenvalue weighted by Crippen LogP contribution is -2.14. The van der Waals surface area contributed by atoms with Crippen molar-refractivity contribution in [1.82, 2.24) is 9.78 Å². The van der Waals surface area contributed by atoms with E-state index in [-0.39, 0.29) is 5.91 Å². The number of nitrogens with one attached hydrogen (secondary N) is 1. The first-order chi connectivity index (χ1) is 11.0. The summed E-state index contributed by atoms with van der Waals surface area (Å²) in [6.07, 6.45) is 0. The van der Waals surface area contributed by atoms with Crippen LogP contribution in [0.3, 0.4) is 0 Å². The molecule has 3 rings (SSSR count). The van der Waals surface area contributed by atoms with Gasteiger partial charge in [0.2, 0.25) is 0 Å². The third kappa shape index (κ3) is 3.27. The molecule has 0 aliphatic rings. The highest BCUT2D eigenvalue weighted by Gasteiger charge is 2.13. The van der Waals surface area contributed by atoms with Gasteiger partial charge in [0.05, 0.1) is 16.3 Å². The number of nitrogens with zero attached hydrogens (tertiary/aromatic N) is 2. The Kier molecular flexibility index (Phi) is 4.17. The van der Waals surface area contributed by atoms with Crippen LogP contribution in [0.25, 0.3) is 11.3 Å². The molecule has 116 valence electrons. The average molecular weight is 326 g/mol. The molecule has 1 amide bonds. The molecule has 1 heterocycles. The number of carbonyl (C=O) groups is 1. The minimum absolute atomic E-state index is 0.256. The van der Waals surface area contributed by atoms with Crippen LogP contribution >= 0.6 is 11.6 Å². The molecule has 5 heteroatoms. The Morgan fingerprint density at radius 1 is 1.13 bits per heavy atom. The van der Waals surface area contributed by atoms with Crippen molar-refractivity contribution in [3.63, 3.8) is 0 Å². The van der Waals surface area contributed by atoms with E-state index in [2.05, 4.69) is 10.4 Å². The number of benzene rings is 2. The van der Waals surface area contributed by atoms with Gasteiger partial charge < -0.3 is 5.32 Å². The molecule has 0 unspecified atom stereocenters. The third-order valence-corrected chi connectivity index (χ3v) is 3.92. The van der Waals surface area contributed by atoms with E-state index in [1.165, 1.54) is 5.56 Å². The molecule has 0 atom stereocenters. The SMILES string of the molecule is Cc1ccc(-c2cc(NC(=O)c3ccccc3Cl)n(C)n2)cc1. The van der Waals surface area contributed by atoms with Crippen molar-refractivity contribution in [3.8, 4) is 11.3 Å². The topological polar surface area (TPSA) is 46.9 Å². The van der Waals surface area contributed by atoms with Crippen LogP contribution in [0.2, 0.25) is 5.02 Å². The normalized spacial score (nSPS) is 10.6. The summed E-state index contributed by atoms with van der Waals surface area (Å²) in [6, 6.07) is 16.9. The zero-order valence-electron chi connectivity index (χ0n) is 12.9. The van der Waals surface area contributed by atoms with E-state index in [0.717, 1.165) is 11.3 Å². The quantitative estimate of drug-likeness (QED) is 0.780. The highest BCUT2D eigenvalue weighted by Crippen LogP contribution is 2.23. The molecule has 0 aliphatic carbocycles. The molecular formula is C18H16ClN3O. The molecule has 2 aromatic carbocycles. The number of aromatic nitrogens is 2. The summed E-state index contributed by atoms with van der Waals surface area (Å²) in [5.41, 5.74) is 3.44. The first kappa shape index (κ1) is 15.3. The van der Waals surface area contributed by atoms with Crippen LogP contribution in [-0.4, -0.2) is 15.7 Å². The van der Waals surface area contributed by atoms with E-state index >= 15 is 0 Å². The number of halogens is 1. The average Bonchev–Trinajstić information content (AvgIpc) is 2.89. The van der Waals surface area contributed by atoms with E-state index < -0.39 is 0 Å². The summed E-state index contributed by atoms with van der Waals surface area (Å²) >= 11 is 6.06. The first-order valence-corrected chi connectivity index (χ1v) is 7.59. The fraction of sp³-hybridized carbons (Fsp3) is 0.111. The van der Waals surface area contributed by atoms with Crippen LogP contribution in [0.1, 0.15) is 15.9 Å². The highest BCUT2D eigenvalue weighted by molar-refractivity contribution is 6.34. The van der Waals surface area contributed by atoms with E-state index in [4.69, 9.17) is 11.6 Å². The van der Waals surface area contributed by atoms with Crippen molar-refractivity contribution in [2.45, 2.75) is 6.92 Å². The number of amides is 1. The second kappa shape index (κ2) is 6.26. The molecule has 0 bridgehead atoms. The van der Waals surface area contributed by atoms with Crippen molar-refractivity contribution in [1.29, 1.82) is 0 Å². The zero-order chi connectivity index (χ0) is 16.4. The van der Waals surface area contributed by atoms with Gasteiger partial charge in [-0.05, 0) is 19.1 Å². The molecule has 0 aliphatic heterocycles. The van der Waals surface area contributed by atoms with Crippen molar-refractivity contribution in [2.75, 3.05) is 5.32 Å². The highest BCUT2D eigenvalue weighted by atomic mass is 35.5. The summed E-state index contributed by atoms with van der Waals surface area (Å²) < 4.78 is 1.64. The monoisotopic (exact) mass is 325 g/mol. The van der Waals surface area contributed by atoms with Gasteiger partial charge in [-0.3, -0.25) is 9.48 Å². The second-order valence-corrected chi connectivity index (χ2v) is 5.75. The Labute approximate surface area is 139 Å². The van der Waals surface area contributed by atoms with Crippen molar-refractivity contribution in [2.24, 2.45) is 7.05 Å². The zero-order valence-corrected chi connectivity index (χ0v) is 13.6. The summed E-state index contributed by atoms with van der Waals surface area (Å²) in [7, 11) is 1.79. The van der Waals surface area contributed by atoms with Gasteiger partial charge in [-0.2, -0.15) is 5.10 Å². The second-order valence-electron chi connectivity index (χ2n) is 5.34. The standard InChI is InChI=1S/C18H16ClN3O/c1-12-7-9-13(10-8-12)16-11-17(22(2)21-16)20-18(23)14-5-3-4-6-15(14)19/h3-11H,1-2H3,(H,20,23). The maximum absolute atomic E-state index is 12.3. The number of anilines is 1. The van der Waals surface area contributed by atoms with Gasteiger partial charge in [-0.1, -0.05) is 53.6 Å². The molecule has 0 saturated carbocycles. The van der Waals surface area contributed by atoms with E-state index in [1.54, 1.807) is 36.0 Å². The number of carbonyl (C=O) groups excluding carboxylic acids is 1. The van der Waals surface area contributed by atoms with Crippen molar-refractivity contribution < 1.29 is 4.79 Å². The molecule has 1 aromatic heterocycles. The minimum Gasteiger partial charge on any atom is -0.307 e. The number of hydrogen-bond donors (Lipinski definition) is 1. The maximum atomic E-state index is 12.3. The van der Waals surface area contributed by atoms with Crippen LogP contribution in [0.4, 0.5) is 5.82 Å². The molecule has 0 radical (unpaired) electrons. The lowest BCUT2D eigenvalue weighted by molar-refractivity contribution is 0.102. The van der Waals surface area contributed by atoms with E-state index in [0.29, 0.717) is 16.4 Å². The summed E-state index contributed by atoms with van der Waals surface area (Å²) in [6.45, 7) is 2.04. The van der Waals surface area contributed by atoms with E-state index in [9.17, 15) is 4.79 Å². The molecule has 0 fully saturated rings. The van der Waals surface area contributed by atoms with Gasteiger partial charge >= 0.3 is 0 Å². The van der Waals surface area contributed by atoms with E-state index in [1.807, 2.05) is 37.3 Å². The smallest absolute Gasteiger partial charge is 0.258 e. The predicted molar refractivity (Wildman–Crippen MR) is 92.8 cm³/mol. The van der Waals surface area contributed by atoms with Crippen LogP contribution in [0.5, 0.6) is 0 Å². The number of aryl methyl sites for hydroxylation is 2. The van der Waals surface area contributed by atoms with Gasteiger partial charge in [-0.15, -0.1) is 0 Å². The van der Waals surface area contributed by atoms with Crippen molar-refractivity contribution in [3.05, 3.63) is 70.7 Å². The number of rotatable bonds is 3. The third-order valence-electron chi connectivity index (χ3n) is 3.59. The van der Waals surface area contributed by atoms with Gasteiger partial charge in [-0.25, -0.2) is 0 Å². The Morgan fingerprint density at radius 2 is 1.83 bits per heavy atom. The molecular weight excluding hydrogens is 310 g/mol. The molecule has 1 N–H and O–H groups in total. The van der Waals surface area contributed by atoms with Gasteiger partial charge in [0.25, 0.3) is 5.91 Å². The van der Waals surface area contributed by atoms with Gasteiger partial charge in [0, 0.05) is 18.7 Å². The lowest BCUT2D eigenvalue weighted by Gasteiger charge is -2.06. The fourth-order valence-corrected chi connectivity index (χ4v) is 2.50. The Morgan fingerprint density at radius 3 is 2.52 bits per heavy atom. The predicted octanol–water partition coefficient (Wildman–Crippen LogP) is 4.30. The largest absolute Gasteiger partial charge is 0.307 e. The molecule has 3 aromatic rings. The molecule has 4 nitrogen and oxygen atoms in total. The first-order valence-electron chi connectivity index (χ1n) is 7.21.